The number of aryl methyl sites for hydroxylation is 1. The molecule has 2 unspecified atom stereocenters. The number of hydrogen-bond donors (Lipinski definition) is 1. The summed E-state index contributed by atoms with van der Waals surface area (Å²) in [5.74, 6) is -0.327. The Hall–Kier alpha value is -1.31. The van der Waals surface area contributed by atoms with E-state index in [1.165, 1.54) is 11.1 Å². The summed E-state index contributed by atoms with van der Waals surface area (Å²) in [4.78, 5) is 11.0. The minimum atomic E-state index is -0.627. The molecule has 0 spiro atoms. The van der Waals surface area contributed by atoms with Crippen molar-refractivity contribution in [1.29, 1.82) is 0 Å². The lowest BCUT2D eigenvalue weighted by atomic mass is 9.78. The van der Waals surface area contributed by atoms with Gasteiger partial charge in [0, 0.05) is 0 Å². The molecule has 0 aliphatic heterocycles. The van der Waals surface area contributed by atoms with Crippen LogP contribution in [0.25, 0.3) is 0 Å². The third kappa shape index (κ3) is 2.43. The van der Waals surface area contributed by atoms with Crippen LogP contribution in [-0.4, -0.2) is 11.1 Å². The van der Waals surface area contributed by atoms with Crippen molar-refractivity contribution >= 4 is 5.97 Å². The molecule has 16 heavy (non-hydrogen) atoms. The molecule has 0 saturated heterocycles. The molecule has 0 heterocycles. The van der Waals surface area contributed by atoms with E-state index in [-0.39, 0.29) is 5.92 Å². The zero-order valence-corrected chi connectivity index (χ0v) is 9.65. The number of carboxylic acid groups (broad SMARTS) is 1. The van der Waals surface area contributed by atoms with Crippen LogP contribution in [0.3, 0.4) is 0 Å². The number of carboxylic acids is 1. The van der Waals surface area contributed by atoms with E-state index in [0.717, 1.165) is 25.7 Å². The summed E-state index contributed by atoms with van der Waals surface area (Å²) in [5, 5.41) is 9.06. The van der Waals surface area contributed by atoms with Crippen molar-refractivity contribution in [3.05, 3.63) is 35.4 Å². The van der Waals surface area contributed by atoms with E-state index in [4.69, 9.17) is 5.11 Å². The molecular weight excluding hydrogens is 200 g/mol. The highest BCUT2D eigenvalue weighted by molar-refractivity contribution is 5.70. The molecule has 2 atom stereocenters. The van der Waals surface area contributed by atoms with E-state index in [1.807, 2.05) is 0 Å². The minimum absolute atomic E-state index is 0.140. The molecule has 2 rings (SSSR count). The third-order valence-electron chi connectivity index (χ3n) is 3.54. The fraction of sp³-hybridized carbons (Fsp3) is 0.500. The van der Waals surface area contributed by atoms with E-state index < -0.39 is 5.97 Å². The lowest BCUT2D eigenvalue weighted by Crippen LogP contribution is -2.21. The van der Waals surface area contributed by atoms with Gasteiger partial charge in [-0.2, -0.15) is 0 Å². The number of rotatable bonds is 2. The summed E-state index contributed by atoms with van der Waals surface area (Å²) >= 11 is 0. The van der Waals surface area contributed by atoms with Gasteiger partial charge in [0.15, 0.2) is 0 Å². The molecule has 1 aliphatic rings. The second-order valence-corrected chi connectivity index (χ2v) is 4.81. The zero-order valence-electron chi connectivity index (χ0n) is 9.65. The van der Waals surface area contributed by atoms with Gasteiger partial charge in [-0.25, -0.2) is 0 Å². The van der Waals surface area contributed by atoms with Crippen LogP contribution in [0.4, 0.5) is 0 Å². The second kappa shape index (κ2) is 4.69. The van der Waals surface area contributed by atoms with Gasteiger partial charge in [0.05, 0.1) is 5.92 Å². The van der Waals surface area contributed by atoms with E-state index >= 15 is 0 Å². The normalized spacial score (nSPS) is 25.3. The second-order valence-electron chi connectivity index (χ2n) is 4.81. The van der Waals surface area contributed by atoms with Crippen LogP contribution in [0.1, 0.15) is 42.7 Å². The molecule has 2 nitrogen and oxygen atoms in total. The minimum Gasteiger partial charge on any atom is -0.481 e. The Bertz CT molecular complexity index is 384. The van der Waals surface area contributed by atoms with Gasteiger partial charge in [0.1, 0.15) is 0 Å². The number of benzene rings is 1. The number of aliphatic carboxylic acids is 1. The predicted molar refractivity (Wildman–Crippen MR) is 63.5 cm³/mol. The van der Waals surface area contributed by atoms with Gasteiger partial charge in [-0.3, -0.25) is 4.79 Å². The smallest absolute Gasteiger partial charge is 0.306 e. The van der Waals surface area contributed by atoms with Gasteiger partial charge in [-0.15, -0.1) is 0 Å². The van der Waals surface area contributed by atoms with Gasteiger partial charge >= 0.3 is 5.97 Å². The Morgan fingerprint density at radius 3 is 2.88 bits per heavy atom. The van der Waals surface area contributed by atoms with Crippen LogP contribution < -0.4 is 0 Å². The van der Waals surface area contributed by atoms with Crippen molar-refractivity contribution in [1.82, 2.24) is 0 Å². The Morgan fingerprint density at radius 1 is 1.38 bits per heavy atom. The van der Waals surface area contributed by atoms with E-state index in [0.29, 0.717) is 5.92 Å². The van der Waals surface area contributed by atoms with E-state index in [1.54, 1.807) is 0 Å². The first-order chi connectivity index (χ1) is 7.66. The average Bonchev–Trinajstić information content (AvgIpc) is 2.29. The Morgan fingerprint density at radius 2 is 2.19 bits per heavy atom. The van der Waals surface area contributed by atoms with E-state index in [2.05, 4.69) is 31.2 Å². The van der Waals surface area contributed by atoms with Gasteiger partial charge in [0.25, 0.3) is 0 Å². The molecule has 86 valence electrons. The third-order valence-corrected chi connectivity index (χ3v) is 3.54. The van der Waals surface area contributed by atoms with Crippen molar-refractivity contribution in [2.24, 2.45) is 5.92 Å². The van der Waals surface area contributed by atoms with Crippen molar-refractivity contribution in [3.63, 3.8) is 0 Å². The standard InChI is InChI=1S/C14H18O2/c1-10-4-2-5-11(8-10)12-6-3-7-13(9-12)14(15)16/h2,4-5,8,12-13H,3,6-7,9H2,1H3,(H,15,16). The molecule has 1 aliphatic carbocycles. The lowest BCUT2D eigenvalue weighted by molar-refractivity contribution is -0.142. The molecule has 0 bridgehead atoms. The average molecular weight is 218 g/mol. The highest BCUT2D eigenvalue weighted by atomic mass is 16.4. The van der Waals surface area contributed by atoms with Crippen LogP contribution in [0, 0.1) is 12.8 Å². The van der Waals surface area contributed by atoms with Crippen LogP contribution in [0.15, 0.2) is 24.3 Å². The van der Waals surface area contributed by atoms with Crippen molar-refractivity contribution in [3.8, 4) is 0 Å². The molecule has 2 heteroatoms. The van der Waals surface area contributed by atoms with Crippen molar-refractivity contribution < 1.29 is 9.90 Å². The molecule has 1 aromatic rings. The van der Waals surface area contributed by atoms with Crippen molar-refractivity contribution in [2.75, 3.05) is 0 Å². The largest absolute Gasteiger partial charge is 0.481 e. The Balaban J connectivity index is 2.12. The highest BCUT2D eigenvalue weighted by Gasteiger charge is 2.27. The van der Waals surface area contributed by atoms with Crippen LogP contribution in [0.5, 0.6) is 0 Å². The summed E-state index contributed by atoms with van der Waals surface area (Å²) < 4.78 is 0. The SMILES string of the molecule is Cc1cccc(C2CCCC(C(=O)O)C2)c1. The number of hydrogen-bond acceptors (Lipinski definition) is 1. The van der Waals surface area contributed by atoms with Gasteiger partial charge < -0.3 is 5.11 Å². The topological polar surface area (TPSA) is 37.3 Å². The maximum absolute atomic E-state index is 11.0. The summed E-state index contributed by atoms with van der Waals surface area (Å²) in [6.07, 6.45) is 3.82. The van der Waals surface area contributed by atoms with Gasteiger partial charge in [0.2, 0.25) is 0 Å². The summed E-state index contributed by atoms with van der Waals surface area (Å²) in [6, 6.07) is 8.47. The maximum Gasteiger partial charge on any atom is 0.306 e. The summed E-state index contributed by atoms with van der Waals surface area (Å²) in [6.45, 7) is 2.08. The first-order valence-corrected chi connectivity index (χ1v) is 5.96. The molecule has 0 radical (unpaired) electrons. The number of carbonyl (C=O) groups is 1. The highest BCUT2D eigenvalue weighted by Crippen LogP contribution is 2.36. The summed E-state index contributed by atoms with van der Waals surface area (Å²) in [5.41, 5.74) is 2.57. The van der Waals surface area contributed by atoms with E-state index in [9.17, 15) is 4.79 Å². The van der Waals surface area contributed by atoms with Crippen molar-refractivity contribution in [2.45, 2.75) is 38.5 Å². The lowest BCUT2D eigenvalue weighted by Gasteiger charge is -2.27. The quantitative estimate of drug-likeness (QED) is 0.826. The van der Waals surface area contributed by atoms with Gasteiger partial charge in [-0.1, -0.05) is 36.2 Å². The molecule has 1 aromatic carbocycles. The van der Waals surface area contributed by atoms with Crippen LogP contribution in [-0.2, 0) is 4.79 Å². The molecule has 1 saturated carbocycles. The molecule has 0 amide bonds. The predicted octanol–water partition coefficient (Wildman–Crippen LogP) is 3.35. The fourth-order valence-corrected chi connectivity index (χ4v) is 2.64. The zero-order chi connectivity index (χ0) is 11.5. The summed E-state index contributed by atoms with van der Waals surface area (Å²) in [7, 11) is 0. The fourth-order valence-electron chi connectivity index (χ4n) is 2.64. The molecule has 1 N–H and O–H groups in total. The maximum atomic E-state index is 11.0. The first kappa shape index (κ1) is 11.2. The van der Waals surface area contributed by atoms with Gasteiger partial charge in [-0.05, 0) is 37.7 Å². The molecular formula is C14H18O2. The van der Waals surface area contributed by atoms with Crippen LogP contribution >= 0.6 is 0 Å². The monoisotopic (exact) mass is 218 g/mol. The Kier molecular flexibility index (Phi) is 3.28. The van der Waals surface area contributed by atoms with Crippen LogP contribution in [0.2, 0.25) is 0 Å². The molecule has 0 aromatic heterocycles. The Labute approximate surface area is 96.3 Å². The molecule has 1 fully saturated rings. The first-order valence-electron chi connectivity index (χ1n) is 5.96.